The molecule has 0 radical (unpaired) electrons. The van der Waals surface area contributed by atoms with Gasteiger partial charge in [0.05, 0.1) is 15.6 Å². The van der Waals surface area contributed by atoms with Crippen LogP contribution in [-0.2, 0) is 32.6 Å². The van der Waals surface area contributed by atoms with E-state index < -0.39 is 34.3 Å². The van der Waals surface area contributed by atoms with Crippen LogP contribution in [0.4, 0.5) is 10.1 Å². The summed E-state index contributed by atoms with van der Waals surface area (Å²) in [4.78, 5) is 29.9. The maximum atomic E-state index is 14.5. The highest BCUT2D eigenvalue weighted by atomic mass is 35.5. The zero-order chi connectivity index (χ0) is 32.7. The first-order chi connectivity index (χ1) is 22.1. The number of benzene rings is 4. The highest BCUT2D eigenvalue weighted by Gasteiger charge is 2.36. The monoisotopic (exact) mass is 681 g/mol. The summed E-state index contributed by atoms with van der Waals surface area (Å²) in [5, 5.41) is 3.23. The summed E-state index contributed by atoms with van der Waals surface area (Å²) >= 11 is 12.6. The van der Waals surface area contributed by atoms with Gasteiger partial charge in [0.1, 0.15) is 18.4 Å². The SMILES string of the molecule is O=C(NC1CCCC1)C(Cc1ccccc1)N(Cc1ccccc1Cl)C(=O)CN(c1ccc(F)c(Cl)c1)S(=O)(=O)c1ccccc1. The molecule has 1 unspecified atom stereocenters. The Morgan fingerprint density at radius 2 is 1.48 bits per heavy atom. The Labute approximate surface area is 279 Å². The van der Waals surface area contributed by atoms with Crippen LogP contribution in [0.3, 0.4) is 0 Å². The van der Waals surface area contributed by atoms with Crippen LogP contribution < -0.4 is 9.62 Å². The van der Waals surface area contributed by atoms with Crippen LogP contribution in [-0.4, -0.2) is 43.8 Å². The molecule has 0 saturated heterocycles. The Hall–Kier alpha value is -3.92. The van der Waals surface area contributed by atoms with Crippen molar-refractivity contribution in [3.63, 3.8) is 0 Å². The van der Waals surface area contributed by atoms with Gasteiger partial charge < -0.3 is 10.2 Å². The zero-order valence-corrected chi connectivity index (χ0v) is 27.3. The molecule has 11 heteroatoms. The van der Waals surface area contributed by atoms with Crippen molar-refractivity contribution in [2.45, 2.75) is 55.6 Å². The van der Waals surface area contributed by atoms with E-state index in [4.69, 9.17) is 23.2 Å². The minimum Gasteiger partial charge on any atom is -0.352 e. The number of sulfonamides is 1. The third kappa shape index (κ3) is 8.07. The molecule has 0 aromatic heterocycles. The van der Waals surface area contributed by atoms with Crippen molar-refractivity contribution in [3.8, 4) is 0 Å². The third-order valence-corrected chi connectivity index (χ3v) is 10.5. The van der Waals surface area contributed by atoms with Crippen LogP contribution in [0.25, 0.3) is 0 Å². The molecule has 7 nitrogen and oxygen atoms in total. The number of carbonyl (C=O) groups excluding carboxylic acids is 2. The molecule has 1 N–H and O–H groups in total. The number of rotatable bonds is 12. The molecule has 0 aliphatic heterocycles. The molecule has 0 heterocycles. The number of hydrogen-bond donors (Lipinski definition) is 1. The summed E-state index contributed by atoms with van der Waals surface area (Å²) in [5.41, 5.74) is 1.41. The molecule has 2 amide bonds. The second-order valence-electron chi connectivity index (χ2n) is 11.2. The number of nitrogens with zero attached hydrogens (tertiary/aromatic N) is 2. The lowest BCUT2D eigenvalue weighted by atomic mass is 10.0. The molecular weight excluding hydrogens is 648 g/mol. The minimum atomic E-state index is -4.34. The molecule has 4 aromatic rings. The first-order valence-electron chi connectivity index (χ1n) is 15.0. The fraction of sp³-hybridized carbons (Fsp3) is 0.257. The van der Waals surface area contributed by atoms with Gasteiger partial charge in [-0.2, -0.15) is 0 Å². The van der Waals surface area contributed by atoms with E-state index in [9.17, 15) is 22.4 Å². The highest BCUT2D eigenvalue weighted by Crippen LogP contribution is 2.29. The van der Waals surface area contributed by atoms with Crippen molar-refractivity contribution in [3.05, 3.63) is 130 Å². The van der Waals surface area contributed by atoms with Gasteiger partial charge in [-0.15, -0.1) is 0 Å². The topological polar surface area (TPSA) is 86.8 Å². The summed E-state index contributed by atoms with van der Waals surface area (Å²) in [6.07, 6.45) is 3.88. The lowest BCUT2D eigenvalue weighted by molar-refractivity contribution is -0.140. The van der Waals surface area contributed by atoms with Crippen LogP contribution >= 0.6 is 23.2 Å². The van der Waals surface area contributed by atoms with E-state index in [0.717, 1.165) is 47.7 Å². The molecule has 240 valence electrons. The highest BCUT2D eigenvalue weighted by molar-refractivity contribution is 7.92. The second kappa shape index (κ2) is 15.1. The van der Waals surface area contributed by atoms with Crippen LogP contribution in [0, 0.1) is 5.82 Å². The minimum absolute atomic E-state index is 0.00341. The summed E-state index contributed by atoms with van der Waals surface area (Å²) in [5.74, 6) is -1.72. The van der Waals surface area contributed by atoms with E-state index in [1.807, 2.05) is 30.3 Å². The fourth-order valence-corrected chi connectivity index (χ4v) is 7.42. The van der Waals surface area contributed by atoms with Crippen LogP contribution in [0.15, 0.2) is 108 Å². The van der Waals surface area contributed by atoms with E-state index in [2.05, 4.69) is 5.32 Å². The average molecular weight is 683 g/mol. The Bertz CT molecular complexity index is 1770. The molecular formula is C35H34Cl2FN3O4S. The molecule has 1 aliphatic carbocycles. The summed E-state index contributed by atoms with van der Waals surface area (Å²) in [7, 11) is -4.34. The molecule has 1 fully saturated rings. The quantitative estimate of drug-likeness (QED) is 0.174. The lowest BCUT2D eigenvalue weighted by Gasteiger charge is -2.34. The van der Waals surface area contributed by atoms with Gasteiger partial charge in [-0.3, -0.25) is 13.9 Å². The van der Waals surface area contributed by atoms with Crippen molar-refractivity contribution in [1.82, 2.24) is 10.2 Å². The van der Waals surface area contributed by atoms with E-state index in [1.54, 1.807) is 42.5 Å². The number of amides is 2. The van der Waals surface area contributed by atoms with E-state index in [0.29, 0.717) is 10.6 Å². The molecule has 1 saturated carbocycles. The van der Waals surface area contributed by atoms with Gasteiger partial charge in [0.2, 0.25) is 11.8 Å². The number of carbonyl (C=O) groups is 2. The molecule has 1 aliphatic rings. The van der Waals surface area contributed by atoms with Gasteiger partial charge in [0, 0.05) is 24.0 Å². The normalized spacial score (nSPS) is 14.1. The first kappa shape index (κ1) is 33.4. The molecule has 5 rings (SSSR count). The Morgan fingerprint density at radius 3 is 2.13 bits per heavy atom. The Morgan fingerprint density at radius 1 is 0.848 bits per heavy atom. The van der Waals surface area contributed by atoms with Gasteiger partial charge in [0.25, 0.3) is 10.0 Å². The van der Waals surface area contributed by atoms with Gasteiger partial charge in [0.15, 0.2) is 0 Å². The molecule has 1 atom stereocenters. The summed E-state index contributed by atoms with van der Waals surface area (Å²) in [6, 6.07) is 26.4. The smallest absolute Gasteiger partial charge is 0.264 e. The first-order valence-corrected chi connectivity index (χ1v) is 17.2. The molecule has 0 bridgehead atoms. The van der Waals surface area contributed by atoms with E-state index in [1.165, 1.54) is 23.1 Å². The number of nitrogens with one attached hydrogen (secondary N) is 1. The van der Waals surface area contributed by atoms with Gasteiger partial charge in [-0.05, 0) is 60.4 Å². The predicted octanol–water partition coefficient (Wildman–Crippen LogP) is 7.03. The van der Waals surface area contributed by atoms with Crippen molar-refractivity contribution in [2.75, 3.05) is 10.8 Å². The maximum Gasteiger partial charge on any atom is 0.264 e. The summed E-state index contributed by atoms with van der Waals surface area (Å²) < 4.78 is 43.2. The average Bonchev–Trinajstić information content (AvgIpc) is 3.57. The molecule has 46 heavy (non-hydrogen) atoms. The molecule has 4 aromatic carbocycles. The number of anilines is 1. The fourth-order valence-electron chi connectivity index (χ4n) is 5.62. The summed E-state index contributed by atoms with van der Waals surface area (Å²) in [6.45, 7) is -0.747. The Kier molecular flexibility index (Phi) is 11.0. The molecule has 0 spiro atoms. The number of halogens is 3. The van der Waals surface area contributed by atoms with Crippen molar-refractivity contribution in [1.29, 1.82) is 0 Å². The second-order valence-corrected chi connectivity index (χ2v) is 13.9. The maximum absolute atomic E-state index is 14.5. The largest absolute Gasteiger partial charge is 0.352 e. The van der Waals surface area contributed by atoms with Crippen molar-refractivity contribution < 1.29 is 22.4 Å². The van der Waals surface area contributed by atoms with Crippen LogP contribution in [0.1, 0.15) is 36.8 Å². The standard InChI is InChI=1S/C35H34Cl2FN3O4S/c36-30-18-10-7-13-26(30)23-40(33(21-25-11-3-1-4-12-25)35(43)39-27-14-8-9-15-27)34(42)24-41(28-19-20-32(38)31(37)22-28)46(44,45)29-16-5-2-6-17-29/h1-7,10-13,16-20,22,27,33H,8-9,14-15,21,23-24H2,(H,39,43). The lowest BCUT2D eigenvalue weighted by Crippen LogP contribution is -2.54. The van der Waals surface area contributed by atoms with Crippen LogP contribution in [0.2, 0.25) is 10.0 Å². The van der Waals surface area contributed by atoms with Gasteiger partial charge in [-0.25, -0.2) is 12.8 Å². The van der Waals surface area contributed by atoms with E-state index >= 15 is 0 Å². The van der Waals surface area contributed by atoms with Gasteiger partial charge >= 0.3 is 0 Å². The van der Waals surface area contributed by atoms with Gasteiger partial charge in [-0.1, -0.05) is 103 Å². The van der Waals surface area contributed by atoms with Crippen molar-refractivity contribution in [2.24, 2.45) is 0 Å². The number of hydrogen-bond acceptors (Lipinski definition) is 4. The third-order valence-electron chi connectivity index (χ3n) is 8.07. The zero-order valence-electron chi connectivity index (χ0n) is 25.0. The van der Waals surface area contributed by atoms with Crippen molar-refractivity contribution >= 4 is 50.7 Å². The van der Waals surface area contributed by atoms with E-state index in [-0.39, 0.29) is 40.5 Å². The van der Waals surface area contributed by atoms with Crippen LogP contribution in [0.5, 0.6) is 0 Å². The Balaban J connectivity index is 1.58. The predicted molar refractivity (Wildman–Crippen MR) is 179 cm³/mol.